The maximum Gasteiger partial charge on any atom is 0.262 e. The molecule has 0 unspecified atom stereocenters. The van der Waals surface area contributed by atoms with E-state index in [1.165, 1.54) is 0 Å². The Hall–Kier alpha value is -3.16. The van der Waals surface area contributed by atoms with Crippen molar-refractivity contribution in [2.75, 3.05) is 25.0 Å². The molecule has 0 aliphatic carbocycles. The maximum absolute atomic E-state index is 12.8. The van der Waals surface area contributed by atoms with Gasteiger partial charge in [0, 0.05) is 37.0 Å². The highest BCUT2D eigenvalue weighted by atomic mass is 16.5. The van der Waals surface area contributed by atoms with Crippen LogP contribution in [0.1, 0.15) is 23.2 Å². The summed E-state index contributed by atoms with van der Waals surface area (Å²) < 4.78 is 7.06. The van der Waals surface area contributed by atoms with E-state index < -0.39 is 0 Å². The van der Waals surface area contributed by atoms with Gasteiger partial charge in [0.15, 0.2) is 12.4 Å². The monoisotopic (exact) mass is 368 g/mol. The minimum Gasteiger partial charge on any atom is -0.482 e. The van der Waals surface area contributed by atoms with Crippen molar-refractivity contribution < 1.29 is 19.1 Å². The number of nitrogens with zero attached hydrogens (tertiary/aromatic N) is 3. The highest BCUT2D eigenvalue weighted by Crippen LogP contribution is 2.30. The summed E-state index contributed by atoms with van der Waals surface area (Å²) in [7, 11) is 0. The van der Waals surface area contributed by atoms with Gasteiger partial charge in [-0.25, -0.2) is 4.98 Å². The number of nitrogens with one attached hydrogen (secondary N) is 1. The zero-order valence-corrected chi connectivity index (χ0v) is 14.8. The molecule has 8 nitrogen and oxygen atoms in total. The molecule has 1 aromatic carbocycles. The first kappa shape index (κ1) is 17.3. The molecule has 1 fully saturated rings. The number of Topliss-reactive ketones (excluding diaryl/α,β-unsaturated/α-hetero) is 1. The SMILES string of the molecule is O=C1COc2ccc(C(=O)C3CCN(C(=O)Cn4ccnc4)CC3)cc2N1. The largest absolute Gasteiger partial charge is 0.482 e. The van der Waals surface area contributed by atoms with Crippen LogP contribution < -0.4 is 10.1 Å². The van der Waals surface area contributed by atoms with Crippen LogP contribution >= 0.6 is 0 Å². The molecule has 1 N–H and O–H groups in total. The van der Waals surface area contributed by atoms with Gasteiger partial charge in [-0.1, -0.05) is 0 Å². The van der Waals surface area contributed by atoms with E-state index in [1.54, 1.807) is 46.4 Å². The number of piperidine rings is 1. The van der Waals surface area contributed by atoms with Crippen LogP contribution in [0.3, 0.4) is 0 Å². The number of benzene rings is 1. The van der Waals surface area contributed by atoms with Gasteiger partial charge in [0.25, 0.3) is 5.91 Å². The van der Waals surface area contributed by atoms with Gasteiger partial charge in [0.1, 0.15) is 12.3 Å². The number of hydrogen-bond acceptors (Lipinski definition) is 5. The minimum atomic E-state index is -0.225. The van der Waals surface area contributed by atoms with Crippen LogP contribution in [0.15, 0.2) is 36.9 Å². The van der Waals surface area contributed by atoms with Crippen LogP contribution in [0.25, 0.3) is 0 Å². The van der Waals surface area contributed by atoms with Gasteiger partial charge in [-0.3, -0.25) is 14.4 Å². The summed E-state index contributed by atoms with van der Waals surface area (Å²) in [6.45, 7) is 1.39. The fourth-order valence-corrected chi connectivity index (χ4v) is 3.50. The fraction of sp³-hybridized carbons (Fsp3) is 0.368. The minimum absolute atomic E-state index is 0.00808. The number of aromatic nitrogens is 2. The van der Waals surface area contributed by atoms with Crippen molar-refractivity contribution in [3.8, 4) is 5.75 Å². The Morgan fingerprint density at radius 2 is 2.07 bits per heavy atom. The lowest BCUT2D eigenvalue weighted by Crippen LogP contribution is -2.41. The van der Waals surface area contributed by atoms with Crippen LogP contribution in [0.4, 0.5) is 5.69 Å². The van der Waals surface area contributed by atoms with E-state index >= 15 is 0 Å². The smallest absolute Gasteiger partial charge is 0.262 e. The molecule has 2 aliphatic heterocycles. The van der Waals surface area contributed by atoms with E-state index in [4.69, 9.17) is 4.74 Å². The molecule has 2 amide bonds. The molecular weight excluding hydrogens is 348 g/mol. The van der Waals surface area contributed by atoms with Crippen LogP contribution in [0.5, 0.6) is 5.75 Å². The molecule has 1 saturated heterocycles. The van der Waals surface area contributed by atoms with Crippen molar-refractivity contribution in [2.45, 2.75) is 19.4 Å². The Morgan fingerprint density at radius 3 is 2.81 bits per heavy atom. The molecule has 0 radical (unpaired) electrons. The second-order valence-corrected chi connectivity index (χ2v) is 6.80. The third-order valence-corrected chi connectivity index (χ3v) is 4.99. The summed E-state index contributed by atoms with van der Waals surface area (Å²) in [6.07, 6.45) is 6.28. The maximum atomic E-state index is 12.8. The number of carbonyl (C=O) groups excluding carboxylic acids is 3. The Labute approximate surface area is 156 Å². The molecule has 0 saturated carbocycles. The summed E-state index contributed by atoms with van der Waals surface area (Å²) in [4.78, 5) is 42.4. The van der Waals surface area contributed by atoms with E-state index in [0.717, 1.165) is 0 Å². The normalized spacial score (nSPS) is 17.0. The third-order valence-electron chi connectivity index (χ3n) is 4.99. The van der Waals surface area contributed by atoms with Gasteiger partial charge in [-0.15, -0.1) is 0 Å². The second-order valence-electron chi connectivity index (χ2n) is 6.80. The zero-order valence-electron chi connectivity index (χ0n) is 14.8. The van der Waals surface area contributed by atoms with Crippen molar-refractivity contribution in [1.29, 1.82) is 0 Å². The van der Waals surface area contributed by atoms with E-state index in [0.29, 0.717) is 42.9 Å². The molecule has 0 atom stereocenters. The lowest BCUT2D eigenvalue weighted by atomic mass is 9.88. The summed E-state index contributed by atoms with van der Waals surface area (Å²) in [5, 5.41) is 2.72. The van der Waals surface area contributed by atoms with Crippen molar-refractivity contribution in [1.82, 2.24) is 14.5 Å². The van der Waals surface area contributed by atoms with Crippen LogP contribution in [0, 0.1) is 5.92 Å². The predicted molar refractivity (Wildman–Crippen MR) is 96.4 cm³/mol. The summed E-state index contributed by atoms with van der Waals surface area (Å²) in [5.41, 5.74) is 1.09. The van der Waals surface area contributed by atoms with Crippen LogP contribution in [-0.4, -0.2) is 51.7 Å². The molecule has 2 aliphatic rings. The number of carbonyl (C=O) groups is 3. The van der Waals surface area contributed by atoms with Gasteiger partial charge in [-0.2, -0.15) is 0 Å². The number of hydrogen-bond donors (Lipinski definition) is 1. The first-order chi connectivity index (χ1) is 13.1. The average molecular weight is 368 g/mol. The second kappa shape index (κ2) is 7.22. The number of ether oxygens (including phenoxy) is 1. The van der Waals surface area contributed by atoms with Crippen molar-refractivity contribution in [3.05, 3.63) is 42.5 Å². The highest BCUT2D eigenvalue weighted by Gasteiger charge is 2.29. The Bertz CT molecular complexity index is 870. The number of ketones is 1. The molecule has 27 heavy (non-hydrogen) atoms. The van der Waals surface area contributed by atoms with Crippen LogP contribution in [0.2, 0.25) is 0 Å². The molecule has 0 spiro atoms. The van der Waals surface area contributed by atoms with Crippen molar-refractivity contribution >= 4 is 23.3 Å². The molecule has 1 aromatic heterocycles. The van der Waals surface area contributed by atoms with E-state index in [2.05, 4.69) is 10.3 Å². The Kier molecular flexibility index (Phi) is 4.62. The van der Waals surface area contributed by atoms with Crippen molar-refractivity contribution in [2.24, 2.45) is 5.92 Å². The molecule has 4 rings (SSSR count). The number of anilines is 1. The average Bonchev–Trinajstić information content (AvgIpc) is 3.20. The van der Waals surface area contributed by atoms with Gasteiger partial charge in [0.05, 0.1) is 12.0 Å². The molecular formula is C19H20N4O4. The van der Waals surface area contributed by atoms with Crippen molar-refractivity contribution in [3.63, 3.8) is 0 Å². The summed E-state index contributed by atoms with van der Waals surface area (Å²) in [6, 6.07) is 5.12. The third kappa shape index (κ3) is 3.69. The van der Waals surface area contributed by atoms with Gasteiger partial charge < -0.3 is 19.5 Å². The van der Waals surface area contributed by atoms with E-state index in [-0.39, 0.29) is 36.7 Å². The standard InChI is InChI=1S/C19H20N4O4/c24-17-11-27-16-2-1-14(9-15(16)21-17)19(26)13-3-6-23(7-4-13)18(25)10-22-8-5-20-12-22/h1-2,5,8-9,12-13H,3-4,6-7,10-11H2,(H,21,24). The fourth-order valence-electron chi connectivity index (χ4n) is 3.50. The topological polar surface area (TPSA) is 93.5 Å². The first-order valence-electron chi connectivity index (χ1n) is 8.94. The first-order valence-corrected chi connectivity index (χ1v) is 8.94. The predicted octanol–water partition coefficient (Wildman–Crippen LogP) is 1.34. The van der Waals surface area contributed by atoms with Gasteiger partial charge >= 0.3 is 0 Å². The van der Waals surface area contributed by atoms with Gasteiger partial charge in [0.2, 0.25) is 5.91 Å². The lowest BCUT2D eigenvalue weighted by Gasteiger charge is -2.31. The van der Waals surface area contributed by atoms with E-state index in [9.17, 15) is 14.4 Å². The Morgan fingerprint density at radius 1 is 1.26 bits per heavy atom. The van der Waals surface area contributed by atoms with Gasteiger partial charge in [-0.05, 0) is 31.0 Å². The molecule has 8 heteroatoms. The highest BCUT2D eigenvalue weighted by molar-refractivity contribution is 6.01. The quantitative estimate of drug-likeness (QED) is 0.822. The van der Waals surface area contributed by atoms with E-state index in [1.807, 2.05) is 0 Å². The molecule has 140 valence electrons. The molecule has 2 aromatic rings. The summed E-state index contributed by atoms with van der Waals surface area (Å²) in [5.74, 6) is 0.301. The molecule has 0 bridgehead atoms. The number of fused-ring (bicyclic) bond motifs is 1. The Balaban J connectivity index is 1.36. The lowest BCUT2D eigenvalue weighted by molar-refractivity contribution is -0.133. The molecule has 3 heterocycles. The number of likely N-dealkylation sites (tertiary alicyclic amines) is 1. The van der Waals surface area contributed by atoms with Crippen LogP contribution in [-0.2, 0) is 16.1 Å². The number of imidazole rings is 1. The number of rotatable bonds is 4. The zero-order chi connectivity index (χ0) is 18.8. The summed E-state index contributed by atoms with van der Waals surface area (Å²) >= 11 is 0. The number of amides is 2.